The number of carbonyl (C=O) groups excluding carboxylic acids is 2. The highest BCUT2D eigenvalue weighted by molar-refractivity contribution is 9.10. The highest BCUT2D eigenvalue weighted by Gasteiger charge is 2.35. The molecule has 230 valence electrons. The molecule has 0 aliphatic carbocycles. The molecule has 45 heavy (non-hydrogen) atoms. The predicted molar refractivity (Wildman–Crippen MR) is 175 cm³/mol. The van der Waals surface area contributed by atoms with Gasteiger partial charge in [0.15, 0.2) is 0 Å². The van der Waals surface area contributed by atoms with Crippen molar-refractivity contribution in [2.75, 3.05) is 7.11 Å². The summed E-state index contributed by atoms with van der Waals surface area (Å²) < 4.78 is 10.7. The van der Waals surface area contributed by atoms with Crippen molar-refractivity contribution in [3.05, 3.63) is 128 Å². The Bertz CT molecular complexity index is 1930. The van der Waals surface area contributed by atoms with Crippen LogP contribution in [0.25, 0.3) is 11.4 Å². The van der Waals surface area contributed by atoms with Gasteiger partial charge in [-0.2, -0.15) is 5.10 Å². The van der Waals surface area contributed by atoms with Gasteiger partial charge in [-0.05, 0) is 96.0 Å². The number of imidazole rings is 1. The van der Waals surface area contributed by atoms with Gasteiger partial charge in [0.05, 0.1) is 41.8 Å². The summed E-state index contributed by atoms with van der Waals surface area (Å²) in [5.41, 5.74) is 2.87. The minimum absolute atomic E-state index is 0.0565. The normalized spacial score (nSPS) is 15.0. The Balaban J connectivity index is 1.41. The van der Waals surface area contributed by atoms with Crippen molar-refractivity contribution in [2.24, 2.45) is 0 Å². The zero-order chi connectivity index (χ0) is 31.8. The topological polar surface area (TPSA) is 103 Å². The number of ether oxygens (including phenoxy) is 1. The molecule has 10 nitrogen and oxygen atoms in total. The van der Waals surface area contributed by atoms with Crippen LogP contribution in [0.15, 0.2) is 94.5 Å². The third-order valence-electron chi connectivity index (χ3n) is 8.03. The molecule has 0 fully saturated rings. The van der Waals surface area contributed by atoms with E-state index < -0.39 is 5.91 Å². The Morgan fingerprint density at radius 3 is 2.42 bits per heavy atom. The predicted octanol–water partition coefficient (Wildman–Crippen LogP) is 5.78. The maximum atomic E-state index is 14.1. The van der Waals surface area contributed by atoms with E-state index in [0.29, 0.717) is 32.2 Å². The number of halogens is 2. The molecule has 0 spiro atoms. The van der Waals surface area contributed by atoms with E-state index in [0.717, 1.165) is 11.3 Å². The lowest BCUT2D eigenvalue weighted by atomic mass is 10.1. The first kappa shape index (κ1) is 30.4. The number of hydrogen-bond acceptors (Lipinski definition) is 5. The van der Waals surface area contributed by atoms with Gasteiger partial charge in [0.25, 0.3) is 11.8 Å². The standard InChI is InChI=1S/C33H30BrClN6O4/c1-20-18-39-29(19-38(20)32(43)23-7-14-27(34)28(35)17-23)30(31(42)37-21(2)22-5-12-26(45-3)13-6-22)41(33(39)44)25-10-8-24(9-11-25)40-16-4-15-36-40/h4-17,20-21H,18-19H2,1-3H3,(H,37,42)/t20-,21+/m1/s1. The summed E-state index contributed by atoms with van der Waals surface area (Å²) >= 11 is 9.67. The molecule has 12 heteroatoms. The van der Waals surface area contributed by atoms with Crippen LogP contribution < -0.4 is 15.7 Å². The van der Waals surface area contributed by atoms with Crippen LogP contribution in [-0.4, -0.2) is 48.8 Å². The lowest BCUT2D eigenvalue weighted by molar-refractivity contribution is 0.0610. The molecule has 1 aliphatic rings. The molecule has 2 aromatic heterocycles. The van der Waals surface area contributed by atoms with Gasteiger partial charge in [0.1, 0.15) is 11.4 Å². The number of aromatic nitrogens is 4. The van der Waals surface area contributed by atoms with E-state index in [9.17, 15) is 14.4 Å². The Morgan fingerprint density at radius 2 is 1.78 bits per heavy atom. The maximum absolute atomic E-state index is 14.1. The van der Waals surface area contributed by atoms with E-state index in [1.807, 2.05) is 62.5 Å². The van der Waals surface area contributed by atoms with Crippen molar-refractivity contribution in [1.82, 2.24) is 29.1 Å². The number of amides is 2. The van der Waals surface area contributed by atoms with Gasteiger partial charge in [0, 0.05) is 35.0 Å². The number of nitrogens with zero attached hydrogens (tertiary/aromatic N) is 5. The maximum Gasteiger partial charge on any atom is 0.333 e. The minimum atomic E-state index is -0.436. The van der Waals surface area contributed by atoms with Crippen LogP contribution in [-0.2, 0) is 13.1 Å². The molecule has 0 radical (unpaired) electrons. The molecule has 2 amide bonds. The van der Waals surface area contributed by atoms with Gasteiger partial charge in [-0.25, -0.2) is 9.48 Å². The van der Waals surface area contributed by atoms with E-state index in [-0.39, 0.29) is 42.5 Å². The number of methoxy groups -OCH3 is 1. The van der Waals surface area contributed by atoms with E-state index in [1.165, 1.54) is 4.57 Å². The highest BCUT2D eigenvalue weighted by atomic mass is 79.9. The monoisotopic (exact) mass is 688 g/mol. The molecule has 3 heterocycles. The highest BCUT2D eigenvalue weighted by Crippen LogP contribution is 2.28. The molecule has 6 rings (SSSR count). The van der Waals surface area contributed by atoms with Gasteiger partial charge in [-0.15, -0.1) is 0 Å². The second-order valence-electron chi connectivity index (χ2n) is 10.9. The van der Waals surface area contributed by atoms with Crippen LogP contribution in [0.4, 0.5) is 0 Å². The summed E-state index contributed by atoms with van der Waals surface area (Å²) in [6.07, 6.45) is 3.51. The van der Waals surface area contributed by atoms with Crippen LogP contribution in [0.1, 0.15) is 52.0 Å². The van der Waals surface area contributed by atoms with E-state index in [1.54, 1.807) is 57.8 Å². The molecule has 2 atom stereocenters. The molecule has 0 saturated heterocycles. The molecular formula is C33H30BrClN6O4. The lowest BCUT2D eigenvalue weighted by Crippen LogP contribution is -2.47. The Hall–Kier alpha value is -4.61. The van der Waals surface area contributed by atoms with Crippen LogP contribution in [0.5, 0.6) is 5.75 Å². The number of hydrogen-bond donors (Lipinski definition) is 1. The summed E-state index contributed by atoms with van der Waals surface area (Å²) in [5, 5.41) is 7.75. The van der Waals surface area contributed by atoms with Gasteiger partial charge in [-0.3, -0.25) is 18.7 Å². The average molecular weight is 690 g/mol. The molecule has 0 saturated carbocycles. The van der Waals surface area contributed by atoms with Crippen LogP contribution in [0.3, 0.4) is 0 Å². The minimum Gasteiger partial charge on any atom is -0.497 e. The zero-order valence-electron chi connectivity index (χ0n) is 24.8. The number of benzene rings is 3. The van der Waals surface area contributed by atoms with Crippen molar-refractivity contribution < 1.29 is 14.3 Å². The number of nitrogens with one attached hydrogen (secondary N) is 1. The Morgan fingerprint density at radius 1 is 1.07 bits per heavy atom. The third-order valence-corrected chi connectivity index (χ3v) is 9.26. The second-order valence-corrected chi connectivity index (χ2v) is 12.1. The van der Waals surface area contributed by atoms with Crippen LogP contribution in [0, 0.1) is 0 Å². The Kier molecular flexibility index (Phi) is 8.39. The molecule has 5 aromatic rings. The number of fused-ring (bicyclic) bond motifs is 1. The van der Waals surface area contributed by atoms with Gasteiger partial charge in [0.2, 0.25) is 0 Å². The van der Waals surface area contributed by atoms with Crippen molar-refractivity contribution in [3.8, 4) is 17.1 Å². The second kappa shape index (κ2) is 12.4. The summed E-state index contributed by atoms with van der Waals surface area (Å²) in [6, 6.07) is 20.8. The van der Waals surface area contributed by atoms with E-state index in [4.69, 9.17) is 16.3 Å². The molecule has 0 bridgehead atoms. The molecule has 0 unspecified atom stereocenters. The fraction of sp³-hybridized carbons (Fsp3) is 0.212. The molecular weight excluding hydrogens is 660 g/mol. The molecule has 3 aromatic carbocycles. The molecule has 1 N–H and O–H groups in total. The van der Waals surface area contributed by atoms with Crippen molar-refractivity contribution in [3.63, 3.8) is 0 Å². The average Bonchev–Trinajstić information content (AvgIpc) is 3.68. The van der Waals surface area contributed by atoms with Crippen molar-refractivity contribution >= 4 is 39.3 Å². The number of rotatable bonds is 7. The summed E-state index contributed by atoms with van der Waals surface area (Å²) in [4.78, 5) is 43.6. The van der Waals surface area contributed by atoms with Crippen molar-refractivity contribution in [2.45, 2.75) is 39.0 Å². The smallest absolute Gasteiger partial charge is 0.333 e. The largest absolute Gasteiger partial charge is 0.497 e. The summed E-state index contributed by atoms with van der Waals surface area (Å²) in [5.74, 6) is 0.0240. The SMILES string of the molecule is COc1ccc([C@H](C)NC(=O)c2c3n(c(=O)n2-c2ccc(-n4cccn4)cc2)C[C@@H](C)N(C(=O)c2ccc(Br)c(Cl)c2)C3)cc1. The Labute approximate surface area is 272 Å². The first-order chi connectivity index (χ1) is 21.7. The van der Waals surface area contributed by atoms with E-state index in [2.05, 4.69) is 26.3 Å². The first-order valence-corrected chi connectivity index (χ1v) is 15.5. The van der Waals surface area contributed by atoms with Crippen LogP contribution >= 0.6 is 27.5 Å². The third kappa shape index (κ3) is 5.81. The zero-order valence-corrected chi connectivity index (χ0v) is 27.1. The van der Waals surface area contributed by atoms with Gasteiger partial charge >= 0.3 is 5.69 Å². The van der Waals surface area contributed by atoms with E-state index >= 15 is 0 Å². The van der Waals surface area contributed by atoms with Crippen LogP contribution in [0.2, 0.25) is 5.02 Å². The molecule has 1 aliphatic heterocycles. The fourth-order valence-corrected chi connectivity index (χ4v) is 6.00. The quantitative estimate of drug-likeness (QED) is 0.233. The summed E-state index contributed by atoms with van der Waals surface area (Å²) in [7, 11) is 1.59. The van der Waals surface area contributed by atoms with Crippen molar-refractivity contribution in [1.29, 1.82) is 0 Å². The van der Waals surface area contributed by atoms with Gasteiger partial charge < -0.3 is 15.0 Å². The summed E-state index contributed by atoms with van der Waals surface area (Å²) in [6.45, 7) is 4.03. The first-order valence-electron chi connectivity index (χ1n) is 14.3. The number of carbonyl (C=O) groups is 2. The fourth-order valence-electron chi connectivity index (χ4n) is 5.57. The lowest BCUT2D eigenvalue weighted by Gasteiger charge is -2.34. The van der Waals surface area contributed by atoms with Gasteiger partial charge in [-0.1, -0.05) is 23.7 Å².